The summed E-state index contributed by atoms with van der Waals surface area (Å²) in [6.45, 7) is 16.5. The molecule has 0 aromatic heterocycles. The van der Waals surface area contributed by atoms with Crippen molar-refractivity contribution in [2.75, 3.05) is 0 Å². The average Bonchev–Trinajstić information content (AvgIpc) is 2.46. The average molecular weight is 229 g/mol. The van der Waals surface area contributed by atoms with Gasteiger partial charge in [0.25, 0.3) is 0 Å². The first-order valence-corrected chi connectivity index (χ1v) is 7.08. The van der Waals surface area contributed by atoms with E-state index in [1.807, 2.05) is 0 Å². The molecular formula is C16H26B. The minimum atomic E-state index is 0.313. The topological polar surface area (TPSA) is 0 Å². The third-order valence-corrected chi connectivity index (χ3v) is 4.41. The third-order valence-electron chi connectivity index (χ3n) is 4.41. The number of allylic oxidation sites excluding steroid dienone is 4. The van der Waals surface area contributed by atoms with Gasteiger partial charge in [-0.15, -0.1) is 0 Å². The van der Waals surface area contributed by atoms with Crippen LogP contribution < -0.4 is 0 Å². The highest BCUT2D eigenvalue weighted by Gasteiger charge is 2.49. The van der Waals surface area contributed by atoms with Gasteiger partial charge in [0, 0.05) is 5.92 Å². The van der Waals surface area contributed by atoms with Crippen molar-refractivity contribution in [2.24, 2.45) is 11.3 Å². The van der Waals surface area contributed by atoms with E-state index in [0.29, 0.717) is 16.6 Å². The van der Waals surface area contributed by atoms with E-state index in [9.17, 15) is 0 Å². The molecular weight excluding hydrogens is 203 g/mol. The Morgan fingerprint density at radius 2 is 1.76 bits per heavy atom. The SMILES string of the molecule is CCC1=C(C(C)(C)C)C(CC)C2=C1[B]C2(C)C. The Labute approximate surface area is 108 Å². The minimum Gasteiger partial charge on any atom is -0.0840 e. The molecule has 0 amide bonds. The summed E-state index contributed by atoms with van der Waals surface area (Å²) in [5, 5.41) is 0.337. The van der Waals surface area contributed by atoms with Crippen LogP contribution in [-0.2, 0) is 0 Å². The summed E-state index contributed by atoms with van der Waals surface area (Å²) in [5.41, 5.74) is 7.01. The van der Waals surface area contributed by atoms with E-state index in [4.69, 9.17) is 0 Å². The lowest BCUT2D eigenvalue weighted by atomic mass is 9.35. The summed E-state index contributed by atoms with van der Waals surface area (Å²) >= 11 is 0. The van der Waals surface area contributed by atoms with Gasteiger partial charge in [-0.25, -0.2) is 0 Å². The van der Waals surface area contributed by atoms with Crippen molar-refractivity contribution in [3.05, 3.63) is 22.2 Å². The number of hydrogen-bond acceptors (Lipinski definition) is 0. The smallest absolute Gasteiger partial charge is 0.0840 e. The van der Waals surface area contributed by atoms with Gasteiger partial charge in [-0.1, -0.05) is 70.7 Å². The zero-order valence-electron chi connectivity index (χ0n) is 12.6. The maximum Gasteiger partial charge on any atom is 0.163 e. The van der Waals surface area contributed by atoms with Gasteiger partial charge in [0.2, 0.25) is 0 Å². The molecule has 93 valence electrons. The first kappa shape index (κ1) is 13.0. The molecule has 0 saturated heterocycles. The maximum atomic E-state index is 2.49. The molecule has 1 heterocycles. The summed E-state index contributed by atoms with van der Waals surface area (Å²) in [6, 6.07) is 0. The van der Waals surface area contributed by atoms with Crippen molar-refractivity contribution in [3.63, 3.8) is 0 Å². The second-order valence-corrected chi connectivity index (χ2v) is 7.15. The van der Waals surface area contributed by atoms with Crippen LogP contribution in [0.15, 0.2) is 22.2 Å². The van der Waals surface area contributed by atoms with E-state index >= 15 is 0 Å². The fourth-order valence-electron chi connectivity index (χ4n) is 3.94. The van der Waals surface area contributed by atoms with Crippen molar-refractivity contribution in [1.29, 1.82) is 0 Å². The number of rotatable bonds is 2. The van der Waals surface area contributed by atoms with Crippen molar-refractivity contribution >= 4 is 7.28 Å². The predicted octanol–water partition coefficient (Wildman–Crippen LogP) is 4.95. The zero-order chi connectivity index (χ0) is 13.0. The van der Waals surface area contributed by atoms with Crippen LogP contribution in [-0.4, -0.2) is 7.28 Å². The van der Waals surface area contributed by atoms with Crippen molar-refractivity contribution in [2.45, 2.75) is 66.6 Å². The van der Waals surface area contributed by atoms with Gasteiger partial charge < -0.3 is 0 Å². The van der Waals surface area contributed by atoms with Crippen LogP contribution in [0.25, 0.3) is 0 Å². The molecule has 0 aromatic rings. The van der Waals surface area contributed by atoms with E-state index in [1.165, 1.54) is 12.8 Å². The Kier molecular flexibility index (Phi) is 2.88. The lowest BCUT2D eigenvalue weighted by molar-refractivity contribution is 0.429. The molecule has 0 saturated carbocycles. The minimum absolute atomic E-state index is 0.313. The molecule has 1 aliphatic carbocycles. The maximum absolute atomic E-state index is 2.49. The Balaban J connectivity index is 2.51. The Hall–Kier alpha value is -0.455. The Morgan fingerprint density at radius 1 is 1.18 bits per heavy atom. The lowest BCUT2D eigenvalue weighted by Crippen LogP contribution is -2.32. The van der Waals surface area contributed by atoms with Crippen LogP contribution in [0.2, 0.25) is 5.31 Å². The molecule has 1 unspecified atom stereocenters. The Bertz CT molecular complexity index is 402. The zero-order valence-corrected chi connectivity index (χ0v) is 12.6. The van der Waals surface area contributed by atoms with Crippen LogP contribution in [0, 0.1) is 11.3 Å². The van der Waals surface area contributed by atoms with Gasteiger partial charge >= 0.3 is 0 Å². The first-order chi connectivity index (χ1) is 7.74. The van der Waals surface area contributed by atoms with E-state index < -0.39 is 0 Å². The molecule has 1 aliphatic heterocycles. The van der Waals surface area contributed by atoms with Gasteiger partial charge in [0.15, 0.2) is 7.28 Å². The highest BCUT2D eigenvalue weighted by Crippen LogP contribution is 2.61. The molecule has 1 radical (unpaired) electrons. The van der Waals surface area contributed by atoms with Gasteiger partial charge in [0.1, 0.15) is 0 Å². The highest BCUT2D eigenvalue weighted by molar-refractivity contribution is 6.57. The first-order valence-electron chi connectivity index (χ1n) is 7.08. The van der Waals surface area contributed by atoms with Crippen molar-refractivity contribution in [1.82, 2.24) is 0 Å². The monoisotopic (exact) mass is 229 g/mol. The summed E-state index contributed by atoms with van der Waals surface area (Å²) in [5.74, 6) is 0.708. The van der Waals surface area contributed by atoms with E-state index in [2.05, 4.69) is 55.7 Å². The van der Waals surface area contributed by atoms with Crippen LogP contribution >= 0.6 is 0 Å². The molecule has 0 fully saturated rings. The third kappa shape index (κ3) is 1.73. The van der Waals surface area contributed by atoms with Crippen LogP contribution in [0.3, 0.4) is 0 Å². The van der Waals surface area contributed by atoms with E-state index in [1.54, 1.807) is 22.2 Å². The fourth-order valence-corrected chi connectivity index (χ4v) is 3.94. The molecule has 0 aromatic carbocycles. The van der Waals surface area contributed by atoms with Crippen molar-refractivity contribution in [3.8, 4) is 0 Å². The van der Waals surface area contributed by atoms with Gasteiger partial charge in [0.05, 0.1) is 0 Å². The summed E-state index contributed by atoms with van der Waals surface area (Å²) in [6.07, 6.45) is 2.45. The largest absolute Gasteiger partial charge is 0.163 e. The highest BCUT2D eigenvalue weighted by atomic mass is 14.5. The molecule has 1 atom stereocenters. The second kappa shape index (κ2) is 3.77. The summed E-state index contributed by atoms with van der Waals surface area (Å²) in [4.78, 5) is 0. The molecule has 0 nitrogen and oxygen atoms in total. The normalized spacial score (nSPS) is 26.9. The summed E-state index contributed by atoms with van der Waals surface area (Å²) in [7, 11) is 2.49. The quantitative estimate of drug-likeness (QED) is 0.587. The van der Waals surface area contributed by atoms with E-state index in [0.717, 1.165) is 0 Å². The van der Waals surface area contributed by atoms with Crippen molar-refractivity contribution < 1.29 is 0 Å². The van der Waals surface area contributed by atoms with Crippen LogP contribution in [0.4, 0.5) is 0 Å². The standard InChI is InChI=1S/C16H26B/c1-8-10-12(15(3,4)5)11(9-2)14-13(10)16(6,7)17-14/h10H,8-9H2,1-7H3. The molecule has 0 N–H and O–H groups in total. The van der Waals surface area contributed by atoms with Crippen LogP contribution in [0.5, 0.6) is 0 Å². The fraction of sp³-hybridized carbons (Fsp3) is 0.750. The lowest BCUT2D eigenvalue weighted by Gasteiger charge is -2.41. The van der Waals surface area contributed by atoms with E-state index in [-0.39, 0.29) is 0 Å². The molecule has 17 heavy (non-hydrogen) atoms. The molecule has 0 spiro atoms. The molecule has 2 rings (SSSR count). The van der Waals surface area contributed by atoms with Gasteiger partial charge in [-0.3, -0.25) is 0 Å². The van der Waals surface area contributed by atoms with Gasteiger partial charge in [-0.2, -0.15) is 0 Å². The Morgan fingerprint density at radius 3 is 2.12 bits per heavy atom. The molecule has 0 bridgehead atoms. The van der Waals surface area contributed by atoms with Crippen LogP contribution in [0.1, 0.15) is 61.3 Å². The second-order valence-electron chi connectivity index (χ2n) is 7.15. The number of hydrogen-bond donors (Lipinski definition) is 0. The summed E-state index contributed by atoms with van der Waals surface area (Å²) < 4.78 is 0. The predicted molar refractivity (Wildman–Crippen MR) is 77.4 cm³/mol. The van der Waals surface area contributed by atoms with Gasteiger partial charge in [-0.05, 0) is 23.6 Å². The molecule has 1 heteroatoms. The molecule has 2 aliphatic rings.